The number of nitrogens with one attached hydrogen (secondary N) is 1. The van der Waals surface area contributed by atoms with Crippen LogP contribution in [0.25, 0.3) is 0 Å². The zero-order valence-electron chi connectivity index (χ0n) is 15.5. The summed E-state index contributed by atoms with van der Waals surface area (Å²) in [4.78, 5) is 40.7. The lowest BCUT2D eigenvalue weighted by molar-refractivity contribution is -0.131. The maximum Gasteiger partial charge on any atom is 0.265 e. The number of amides is 3. The van der Waals surface area contributed by atoms with Crippen molar-refractivity contribution >= 4 is 46.3 Å². The molecule has 0 aliphatic rings. The first-order chi connectivity index (χ1) is 12.9. The lowest BCUT2D eigenvalue weighted by Crippen LogP contribution is -2.41. The second-order valence-electron chi connectivity index (χ2n) is 5.85. The smallest absolute Gasteiger partial charge is 0.265 e. The Bertz CT molecular complexity index is 820. The fraction of sp³-hybridized carbons (Fsp3) is 0.316. The average molecular weight is 408 g/mol. The molecule has 3 amide bonds. The summed E-state index contributed by atoms with van der Waals surface area (Å²) in [5.41, 5.74) is 0.695. The number of likely N-dealkylation sites (N-methyl/N-ethyl adjacent to an activating group) is 2. The van der Waals surface area contributed by atoms with Crippen molar-refractivity contribution in [3.8, 4) is 0 Å². The van der Waals surface area contributed by atoms with Crippen LogP contribution in [0.1, 0.15) is 33.9 Å². The van der Waals surface area contributed by atoms with E-state index in [0.29, 0.717) is 34.2 Å². The molecule has 0 bridgehead atoms. The molecule has 1 aromatic heterocycles. The monoisotopic (exact) mass is 407 g/mol. The van der Waals surface area contributed by atoms with Crippen molar-refractivity contribution in [2.45, 2.75) is 13.8 Å². The first-order valence-electron chi connectivity index (χ1n) is 8.55. The number of carbonyl (C=O) groups is 3. The molecular weight excluding hydrogens is 386 g/mol. The summed E-state index contributed by atoms with van der Waals surface area (Å²) in [6.07, 6.45) is 0. The molecule has 2 aromatic rings. The summed E-state index contributed by atoms with van der Waals surface area (Å²) in [7, 11) is 1.57. The molecule has 0 aliphatic carbocycles. The van der Waals surface area contributed by atoms with Gasteiger partial charge in [0.05, 0.1) is 22.1 Å². The molecule has 0 radical (unpaired) electrons. The zero-order chi connectivity index (χ0) is 20.0. The molecule has 144 valence electrons. The van der Waals surface area contributed by atoms with Gasteiger partial charge in [-0.1, -0.05) is 17.7 Å². The quantitative estimate of drug-likeness (QED) is 0.762. The SMILES string of the molecule is CCN(CC)C(=O)CN(C)C(=O)c1ccc(Cl)c(NC(=O)c2cccs2)c1. The number of benzene rings is 1. The third-order valence-electron chi connectivity index (χ3n) is 4.04. The molecule has 0 unspecified atom stereocenters. The van der Waals surface area contributed by atoms with Gasteiger partial charge in [-0.3, -0.25) is 14.4 Å². The summed E-state index contributed by atoms with van der Waals surface area (Å²) in [6, 6.07) is 8.13. The maximum absolute atomic E-state index is 12.7. The van der Waals surface area contributed by atoms with Crippen LogP contribution in [0.5, 0.6) is 0 Å². The third-order valence-corrected chi connectivity index (χ3v) is 5.24. The highest BCUT2D eigenvalue weighted by Crippen LogP contribution is 2.25. The number of anilines is 1. The molecule has 27 heavy (non-hydrogen) atoms. The van der Waals surface area contributed by atoms with E-state index in [1.165, 1.54) is 22.3 Å². The van der Waals surface area contributed by atoms with E-state index in [0.717, 1.165) is 0 Å². The number of hydrogen-bond acceptors (Lipinski definition) is 4. The number of thiophene rings is 1. The highest BCUT2D eigenvalue weighted by atomic mass is 35.5. The van der Waals surface area contributed by atoms with Gasteiger partial charge in [0.15, 0.2) is 0 Å². The van der Waals surface area contributed by atoms with Crippen LogP contribution in [0.3, 0.4) is 0 Å². The third kappa shape index (κ3) is 5.30. The van der Waals surface area contributed by atoms with Gasteiger partial charge in [0.25, 0.3) is 11.8 Å². The molecule has 0 aliphatic heterocycles. The highest BCUT2D eigenvalue weighted by molar-refractivity contribution is 7.12. The van der Waals surface area contributed by atoms with E-state index in [4.69, 9.17) is 11.6 Å². The molecule has 1 aromatic carbocycles. The van der Waals surface area contributed by atoms with E-state index in [1.807, 2.05) is 13.8 Å². The van der Waals surface area contributed by atoms with Crippen LogP contribution < -0.4 is 5.32 Å². The Morgan fingerprint density at radius 3 is 2.44 bits per heavy atom. The van der Waals surface area contributed by atoms with Crippen LogP contribution in [0, 0.1) is 0 Å². The highest BCUT2D eigenvalue weighted by Gasteiger charge is 2.19. The van der Waals surface area contributed by atoms with Crippen molar-refractivity contribution in [2.75, 3.05) is 32.0 Å². The largest absolute Gasteiger partial charge is 0.342 e. The molecule has 2 rings (SSSR count). The van der Waals surface area contributed by atoms with Gasteiger partial charge in [0.1, 0.15) is 0 Å². The van der Waals surface area contributed by atoms with Crippen molar-refractivity contribution in [2.24, 2.45) is 0 Å². The van der Waals surface area contributed by atoms with Crippen molar-refractivity contribution < 1.29 is 14.4 Å². The molecular formula is C19H22ClN3O3S. The Balaban J connectivity index is 2.12. The van der Waals surface area contributed by atoms with Gasteiger partial charge in [0.2, 0.25) is 5.91 Å². The molecule has 0 saturated carbocycles. The van der Waals surface area contributed by atoms with Crippen molar-refractivity contribution in [1.82, 2.24) is 9.80 Å². The predicted molar refractivity (Wildman–Crippen MR) is 109 cm³/mol. The fourth-order valence-electron chi connectivity index (χ4n) is 2.52. The average Bonchev–Trinajstić information content (AvgIpc) is 3.18. The molecule has 0 spiro atoms. The van der Waals surface area contributed by atoms with Crippen LogP contribution in [0.15, 0.2) is 35.7 Å². The van der Waals surface area contributed by atoms with Gasteiger partial charge >= 0.3 is 0 Å². The standard InChI is InChI=1S/C19H22ClN3O3S/c1-4-23(5-2)17(24)12-22(3)19(26)13-8-9-14(20)15(11-13)21-18(25)16-7-6-10-27-16/h6-11H,4-5,12H2,1-3H3,(H,21,25). The van der Waals surface area contributed by atoms with Gasteiger partial charge in [-0.2, -0.15) is 0 Å². The van der Waals surface area contributed by atoms with E-state index in [1.54, 1.807) is 41.6 Å². The minimum atomic E-state index is -0.321. The normalized spacial score (nSPS) is 10.4. The van der Waals surface area contributed by atoms with Gasteiger partial charge in [0, 0.05) is 25.7 Å². The number of carbonyl (C=O) groups excluding carboxylic acids is 3. The summed E-state index contributed by atoms with van der Waals surface area (Å²) >= 11 is 7.47. The van der Waals surface area contributed by atoms with Crippen LogP contribution >= 0.6 is 22.9 Å². The van der Waals surface area contributed by atoms with E-state index < -0.39 is 0 Å². The topological polar surface area (TPSA) is 69.7 Å². The predicted octanol–water partition coefficient (Wildman–Crippen LogP) is 3.59. The van der Waals surface area contributed by atoms with Crippen LogP contribution in [-0.2, 0) is 4.79 Å². The van der Waals surface area contributed by atoms with Gasteiger partial charge in [-0.05, 0) is 43.5 Å². The molecule has 1 heterocycles. The summed E-state index contributed by atoms with van der Waals surface area (Å²) < 4.78 is 0. The van der Waals surface area contributed by atoms with Gasteiger partial charge in [-0.15, -0.1) is 11.3 Å². The molecule has 8 heteroatoms. The van der Waals surface area contributed by atoms with Crippen molar-refractivity contribution in [1.29, 1.82) is 0 Å². The minimum absolute atomic E-state index is 0.0139. The summed E-state index contributed by atoms with van der Waals surface area (Å²) in [5.74, 6) is -0.726. The number of halogens is 1. The lowest BCUT2D eigenvalue weighted by Gasteiger charge is -2.23. The molecule has 6 nitrogen and oxygen atoms in total. The summed E-state index contributed by atoms with van der Waals surface area (Å²) in [6.45, 7) is 4.96. The van der Waals surface area contributed by atoms with Gasteiger partial charge in [-0.25, -0.2) is 0 Å². The maximum atomic E-state index is 12.7. The Kier molecular flexibility index (Phi) is 7.38. The minimum Gasteiger partial charge on any atom is -0.342 e. The Morgan fingerprint density at radius 2 is 1.85 bits per heavy atom. The Labute approximate surface area is 167 Å². The fourth-order valence-corrected chi connectivity index (χ4v) is 3.30. The number of rotatable bonds is 7. The number of hydrogen-bond donors (Lipinski definition) is 1. The lowest BCUT2D eigenvalue weighted by atomic mass is 10.1. The summed E-state index contributed by atoms with van der Waals surface area (Å²) in [5, 5.41) is 4.85. The number of nitrogens with zero attached hydrogens (tertiary/aromatic N) is 2. The Morgan fingerprint density at radius 1 is 1.15 bits per heavy atom. The first-order valence-corrected chi connectivity index (χ1v) is 9.80. The van der Waals surface area contributed by atoms with Crippen molar-refractivity contribution in [3.05, 3.63) is 51.2 Å². The molecule has 0 fully saturated rings. The van der Waals surface area contributed by atoms with E-state index in [9.17, 15) is 14.4 Å². The zero-order valence-corrected chi connectivity index (χ0v) is 17.1. The second kappa shape index (κ2) is 9.53. The van der Waals surface area contributed by atoms with E-state index in [2.05, 4.69) is 5.32 Å². The van der Waals surface area contributed by atoms with Crippen LogP contribution in [0.4, 0.5) is 5.69 Å². The first kappa shape index (κ1) is 20.9. The van der Waals surface area contributed by atoms with Crippen LogP contribution in [-0.4, -0.2) is 54.2 Å². The van der Waals surface area contributed by atoms with Crippen molar-refractivity contribution in [3.63, 3.8) is 0 Å². The molecule has 0 saturated heterocycles. The Hall–Kier alpha value is -2.38. The second-order valence-corrected chi connectivity index (χ2v) is 7.21. The van der Waals surface area contributed by atoms with Gasteiger partial charge < -0.3 is 15.1 Å². The van der Waals surface area contributed by atoms with E-state index >= 15 is 0 Å². The van der Waals surface area contributed by atoms with E-state index in [-0.39, 0.29) is 24.3 Å². The molecule has 1 N–H and O–H groups in total. The molecule has 0 atom stereocenters. The van der Waals surface area contributed by atoms with Crippen LogP contribution in [0.2, 0.25) is 5.02 Å².